The fourth-order valence-electron chi connectivity index (χ4n) is 0.776. The van der Waals surface area contributed by atoms with Crippen molar-refractivity contribution >= 4 is 17.6 Å². The minimum absolute atomic E-state index is 0.509. The highest BCUT2D eigenvalue weighted by Crippen LogP contribution is 2.28. The van der Waals surface area contributed by atoms with Gasteiger partial charge in [0.25, 0.3) is 6.43 Å². The highest BCUT2D eigenvalue weighted by atomic mass is 35.5. The van der Waals surface area contributed by atoms with Crippen LogP contribution in [0.15, 0.2) is 12.3 Å². The van der Waals surface area contributed by atoms with Crippen LogP contribution >= 0.6 is 11.6 Å². The molecule has 0 radical (unpaired) electrons. The summed E-state index contributed by atoms with van der Waals surface area (Å²) in [5, 5.41) is 7.97. The van der Waals surface area contributed by atoms with E-state index in [1.54, 1.807) is 0 Å². The lowest BCUT2D eigenvalue weighted by Crippen LogP contribution is -2.03. The Morgan fingerprint density at radius 2 is 2.23 bits per heavy atom. The Kier molecular flexibility index (Phi) is 2.77. The molecule has 0 aliphatic carbocycles. The summed E-state index contributed by atoms with van der Waals surface area (Å²) in [6.07, 6.45) is -1.81. The molecule has 1 aromatic heterocycles. The normalized spacial score (nSPS) is 10.5. The first-order valence-electron chi connectivity index (χ1n) is 3.20. The van der Waals surface area contributed by atoms with Gasteiger partial charge in [-0.3, -0.25) is 0 Å². The topological polar surface area (TPSA) is 50.2 Å². The van der Waals surface area contributed by atoms with E-state index in [9.17, 15) is 13.6 Å². The molecule has 0 unspecified atom stereocenters. The van der Waals surface area contributed by atoms with E-state index in [-0.39, 0.29) is 0 Å². The Hall–Kier alpha value is -1.23. The largest absolute Gasteiger partial charge is 0.476 e. The number of aromatic carboxylic acids is 1. The van der Waals surface area contributed by atoms with Crippen LogP contribution in [-0.2, 0) is 0 Å². The van der Waals surface area contributed by atoms with Gasteiger partial charge in [-0.15, -0.1) is 0 Å². The molecule has 0 amide bonds. The monoisotopic (exact) mass is 207 g/mol. The zero-order valence-corrected chi connectivity index (χ0v) is 6.92. The summed E-state index contributed by atoms with van der Waals surface area (Å²) in [7, 11) is 0. The van der Waals surface area contributed by atoms with Gasteiger partial charge in [-0.05, 0) is 6.07 Å². The maximum atomic E-state index is 12.2. The van der Waals surface area contributed by atoms with E-state index in [0.717, 1.165) is 12.3 Å². The molecule has 1 rings (SSSR count). The molecule has 0 fully saturated rings. The van der Waals surface area contributed by atoms with E-state index in [4.69, 9.17) is 16.7 Å². The molecule has 0 saturated heterocycles. The van der Waals surface area contributed by atoms with Gasteiger partial charge in [0, 0.05) is 11.8 Å². The van der Waals surface area contributed by atoms with Crippen LogP contribution in [0.25, 0.3) is 0 Å². The number of rotatable bonds is 2. The van der Waals surface area contributed by atoms with Gasteiger partial charge in [-0.25, -0.2) is 18.6 Å². The highest BCUT2D eigenvalue weighted by molar-refractivity contribution is 6.34. The fourth-order valence-corrected chi connectivity index (χ4v) is 1.05. The number of hydrogen-bond donors (Lipinski definition) is 1. The van der Waals surface area contributed by atoms with Gasteiger partial charge in [0.15, 0.2) is 5.69 Å². The molecular formula is C7H4ClF2NO2. The summed E-state index contributed by atoms with van der Waals surface area (Å²) in [4.78, 5) is 13.8. The quantitative estimate of drug-likeness (QED) is 0.810. The maximum absolute atomic E-state index is 12.2. The molecule has 3 nitrogen and oxygen atoms in total. The number of hydrogen-bond acceptors (Lipinski definition) is 2. The van der Waals surface area contributed by atoms with Crippen LogP contribution in [0.1, 0.15) is 22.5 Å². The van der Waals surface area contributed by atoms with Crippen molar-refractivity contribution in [2.45, 2.75) is 6.43 Å². The van der Waals surface area contributed by atoms with E-state index >= 15 is 0 Å². The second kappa shape index (κ2) is 3.66. The van der Waals surface area contributed by atoms with Crippen LogP contribution in [0.3, 0.4) is 0 Å². The van der Waals surface area contributed by atoms with Crippen LogP contribution in [-0.4, -0.2) is 16.1 Å². The average Bonchev–Trinajstić information content (AvgIpc) is 2.03. The second-order valence-corrected chi connectivity index (χ2v) is 2.55. The zero-order valence-electron chi connectivity index (χ0n) is 6.17. The number of carboxylic acid groups (broad SMARTS) is 1. The molecular weight excluding hydrogens is 204 g/mol. The minimum Gasteiger partial charge on any atom is -0.476 e. The molecule has 1 heterocycles. The van der Waals surface area contributed by atoms with Crippen molar-refractivity contribution in [3.05, 3.63) is 28.5 Å². The van der Waals surface area contributed by atoms with Crippen LogP contribution in [0, 0.1) is 0 Å². The molecule has 70 valence electrons. The number of carboxylic acids is 1. The Morgan fingerprint density at radius 3 is 2.69 bits per heavy atom. The predicted octanol–water partition coefficient (Wildman–Crippen LogP) is 2.37. The van der Waals surface area contributed by atoms with Crippen molar-refractivity contribution in [1.82, 2.24) is 4.98 Å². The Bertz CT molecular complexity index is 343. The molecule has 13 heavy (non-hydrogen) atoms. The highest BCUT2D eigenvalue weighted by Gasteiger charge is 2.18. The van der Waals surface area contributed by atoms with Crippen molar-refractivity contribution in [2.75, 3.05) is 0 Å². The van der Waals surface area contributed by atoms with Gasteiger partial charge < -0.3 is 5.11 Å². The van der Waals surface area contributed by atoms with Crippen LogP contribution < -0.4 is 0 Å². The van der Waals surface area contributed by atoms with E-state index in [0.29, 0.717) is 0 Å². The second-order valence-electron chi connectivity index (χ2n) is 2.17. The minimum atomic E-state index is -2.80. The first kappa shape index (κ1) is 9.85. The van der Waals surface area contributed by atoms with E-state index in [1.807, 2.05) is 0 Å². The van der Waals surface area contributed by atoms with Crippen molar-refractivity contribution < 1.29 is 18.7 Å². The summed E-state index contributed by atoms with van der Waals surface area (Å²) in [5.41, 5.74) is -1.08. The molecule has 0 aliphatic heterocycles. The van der Waals surface area contributed by atoms with Gasteiger partial charge in [0.05, 0.1) is 5.02 Å². The molecule has 0 atom stereocenters. The Morgan fingerprint density at radius 1 is 1.62 bits per heavy atom. The number of carbonyl (C=O) groups is 1. The van der Waals surface area contributed by atoms with Gasteiger partial charge in [0.2, 0.25) is 0 Å². The lowest BCUT2D eigenvalue weighted by molar-refractivity contribution is 0.0690. The first-order valence-corrected chi connectivity index (χ1v) is 3.57. The van der Waals surface area contributed by atoms with E-state index in [2.05, 4.69) is 4.98 Å². The predicted molar refractivity (Wildman–Crippen MR) is 41.2 cm³/mol. The van der Waals surface area contributed by atoms with Crippen LogP contribution in [0.5, 0.6) is 0 Å². The fraction of sp³-hybridized carbons (Fsp3) is 0.143. The molecule has 0 bridgehead atoms. The SMILES string of the molecule is O=C(O)c1nccc(C(F)F)c1Cl. The standard InChI is InChI=1S/C7H4ClF2NO2/c8-4-3(6(9)10)1-2-11-5(4)7(12)13/h1-2,6H,(H,12,13). The number of nitrogens with zero attached hydrogens (tertiary/aromatic N) is 1. The lowest BCUT2D eigenvalue weighted by atomic mass is 10.2. The van der Waals surface area contributed by atoms with Gasteiger partial charge in [0.1, 0.15) is 0 Å². The molecule has 6 heteroatoms. The van der Waals surface area contributed by atoms with Gasteiger partial charge in [-0.2, -0.15) is 0 Å². The molecule has 0 saturated carbocycles. The first-order chi connectivity index (χ1) is 6.04. The number of aromatic nitrogens is 1. The molecule has 1 N–H and O–H groups in total. The summed E-state index contributed by atoms with van der Waals surface area (Å²) < 4.78 is 24.3. The number of pyridine rings is 1. The molecule has 0 aliphatic rings. The Balaban J connectivity index is 3.26. The van der Waals surface area contributed by atoms with Crippen molar-refractivity contribution in [3.8, 4) is 0 Å². The molecule has 0 spiro atoms. The lowest BCUT2D eigenvalue weighted by Gasteiger charge is -2.03. The third-order valence-corrected chi connectivity index (χ3v) is 1.75. The van der Waals surface area contributed by atoms with Gasteiger partial charge >= 0.3 is 5.97 Å². The number of halogens is 3. The smallest absolute Gasteiger partial charge is 0.356 e. The van der Waals surface area contributed by atoms with Crippen molar-refractivity contribution in [1.29, 1.82) is 0 Å². The summed E-state index contributed by atoms with van der Waals surface area (Å²) >= 11 is 5.38. The summed E-state index contributed by atoms with van der Waals surface area (Å²) in [5.74, 6) is -1.42. The Labute approximate surface area is 77.0 Å². The van der Waals surface area contributed by atoms with Gasteiger partial charge in [-0.1, -0.05) is 11.6 Å². The third kappa shape index (κ3) is 1.92. The van der Waals surface area contributed by atoms with Crippen molar-refractivity contribution in [2.24, 2.45) is 0 Å². The van der Waals surface area contributed by atoms with Crippen LogP contribution in [0.4, 0.5) is 8.78 Å². The zero-order chi connectivity index (χ0) is 10.0. The summed E-state index contributed by atoms with van der Waals surface area (Å²) in [6, 6.07) is 0.986. The van der Waals surface area contributed by atoms with E-state index < -0.39 is 28.7 Å². The third-order valence-electron chi connectivity index (χ3n) is 1.36. The molecule has 0 aromatic carbocycles. The van der Waals surface area contributed by atoms with E-state index in [1.165, 1.54) is 0 Å². The van der Waals surface area contributed by atoms with Crippen LogP contribution in [0.2, 0.25) is 5.02 Å². The molecule has 1 aromatic rings. The summed E-state index contributed by atoms with van der Waals surface area (Å²) in [6.45, 7) is 0. The number of alkyl halides is 2. The van der Waals surface area contributed by atoms with Crippen molar-refractivity contribution in [3.63, 3.8) is 0 Å². The maximum Gasteiger partial charge on any atom is 0.356 e. The average molecular weight is 208 g/mol.